The van der Waals surface area contributed by atoms with Crippen molar-refractivity contribution >= 4 is 0 Å². The molecule has 76 valence electrons. The van der Waals surface area contributed by atoms with Gasteiger partial charge in [0.15, 0.2) is 0 Å². The second kappa shape index (κ2) is 2.71. The Morgan fingerprint density at radius 1 is 1.38 bits per heavy atom. The number of aliphatic hydroxyl groups is 1. The molecule has 0 spiro atoms. The van der Waals surface area contributed by atoms with Crippen molar-refractivity contribution < 1.29 is 5.11 Å². The molecular weight excluding hydrogens is 162 g/mol. The molecule has 1 unspecified atom stereocenters. The summed E-state index contributed by atoms with van der Waals surface area (Å²) in [6.07, 6.45) is 2.45. The van der Waals surface area contributed by atoms with Gasteiger partial charge in [-0.05, 0) is 31.1 Å². The van der Waals surface area contributed by atoms with Crippen molar-refractivity contribution in [2.24, 2.45) is 11.3 Å². The highest BCUT2D eigenvalue weighted by molar-refractivity contribution is 4.97. The number of likely N-dealkylation sites (tertiary alicyclic amines) is 1. The minimum absolute atomic E-state index is 0.420. The number of β-amino-alcohol motifs (C(OH)–C–C–N with tert-alkyl or cyclic N) is 1. The third-order valence-corrected chi connectivity index (χ3v) is 3.30. The van der Waals surface area contributed by atoms with Gasteiger partial charge in [-0.2, -0.15) is 0 Å². The standard InChI is InChI=1S/C11H21NO/c1-10(2)6-12(7-10)8-11(3,13)9-4-5-9/h9,13H,4-8H2,1-3H3. The molecule has 0 aromatic rings. The van der Waals surface area contributed by atoms with Crippen molar-refractivity contribution in [2.45, 2.75) is 39.2 Å². The lowest BCUT2D eigenvalue weighted by atomic mass is 9.83. The van der Waals surface area contributed by atoms with Crippen LogP contribution in [0.25, 0.3) is 0 Å². The maximum absolute atomic E-state index is 10.1. The number of rotatable bonds is 3. The normalized spacial score (nSPS) is 32.3. The highest BCUT2D eigenvalue weighted by atomic mass is 16.3. The van der Waals surface area contributed by atoms with Crippen LogP contribution in [0.5, 0.6) is 0 Å². The van der Waals surface area contributed by atoms with Crippen LogP contribution in [-0.4, -0.2) is 35.2 Å². The molecule has 2 aliphatic rings. The van der Waals surface area contributed by atoms with Gasteiger partial charge in [-0.25, -0.2) is 0 Å². The van der Waals surface area contributed by atoms with Gasteiger partial charge in [0, 0.05) is 19.6 Å². The molecule has 1 saturated heterocycles. The van der Waals surface area contributed by atoms with Crippen molar-refractivity contribution in [1.29, 1.82) is 0 Å². The van der Waals surface area contributed by atoms with E-state index < -0.39 is 5.60 Å². The van der Waals surface area contributed by atoms with E-state index in [9.17, 15) is 5.11 Å². The van der Waals surface area contributed by atoms with E-state index in [2.05, 4.69) is 18.7 Å². The molecule has 2 heteroatoms. The van der Waals surface area contributed by atoms with Crippen LogP contribution in [-0.2, 0) is 0 Å². The summed E-state index contributed by atoms with van der Waals surface area (Å²) in [5, 5.41) is 10.1. The van der Waals surface area contributed by atoms with Crippen LogP contribution in [0, 0.1) is 11.3 Å². The average Bonchev–Trinajstić information content (AvgIpc) is 2.60. The molecule has 1 saturated carbocycles. The molecule has 1 atom stereocenters. The van der Waals surface area contributed by atoms with Crippen molar-refractivity contribution in [1.82, 2.24) is 4.90 Å². The molecule has 2 nitrogen and oxygen atoms in total. The van der Waals surface area contributed by atoms with Crippen molar-refractivity contribution in [2.75, 3.05) is 19.6 Å². The fraction of sp³-hybridized carbons (Fsp3) is 1.00. The third kappa shape index (κ3) is 2.05. The predicted molar refractivity (Wildman–Crippen MR) is 53.6 cm³/mol. The van der Waals surface area contributed by atoms with Crippen LogP contribution in [0.15, 0.2) is 0 Å². The second-order valence-corrected chi connectivity index (χ2v) is 5.94. The molecule has 0 radical (unpaired) electrons. The molecule has 0 bridgehead atoms. The van der Waals surface area contributed by atoms with Crippen LogP contribution >= 0.6 is 0 Å². The fourth-order valence-electron chi connectivity index (χ4n) is 2.56. The molecule has 0 aromatic heterocycles. The summed E-state index contributed by atoms with van der Waals surface area (Å²) in [7, 11) is 0. The van der Waals surface area contributed by atoms with E-state index in [0.29, 0.717) is 11.3 Å². The van der Waals surface area contributed by atoms with E-state index >= 15 is 0 Å². The summed E-state index contributed by atoms with van der Waals surface area (Å²) < 4.78 is 0. The van der Waals surface area contributed by atoms with E-state index in [1.165, 1.54) is 12.8 Å². The van der Waals surface area contributed by atoms with Crippen LogP contribution in [0.1, 0.15) is 33.6 Å². The van der Waals surface area contributed by atoms with E-state index in [1.807, 2.05) is 6.92 Å². The summed E-state index contributed by atoms with van der Waals surface area (Å²) >= 11 is 0. The van der Waals surface area contributed by atoms with Gasteiger partial charge in [0.1, 0.15) is 0 Å². The summed E-state index contributed by atoms with van der Waals surface area (Å²) in [4.78, 5) is 2.37. The second-order valence-electron chi connectivity index (χ2n) is 5.94. The highest BCUT2D eigenvalue weighted by Crippen LogP contribution is 2.41. The lowest BCUT2D eigenvalue weighted by Crippen LogP contribution is -2.57. The quantitative estimate of drug-likeness (QED) is 0.716. The molecule has 0 amide bonds. The first kappa shape index (κ1) is 9.47. The molecular formula is C11H21NO. The molecule has 1 aliphatic carbocycles. The van der Waals surface area contributed by atoms with Crippen LogP contribution in [0.4, 0.5) is 0 Å². The molecule has 13 heavy (non-hydrogen) atoms. The topological polar surface area (TPSA) is 23.5 Å². The average molecular weight is 183 g/mol. The molecule has 1 heterocycles. The van der Waals surface area contributed by atoms with Crippen LogP contribution in [0.3, 0.4) is 0 Å². The van der Waals surface area contributed by atoms with Gasteiger partial charge in [0.2, 0.25) is 0 Å². The zero-order chi connectivity index (χ0) is 9.69. The molecule has 0 aromatic carbocycles. The largest absolute Gasteiger partial charge is 0.389 e. The fourth-order valence-corrected chi connectivity index (χ4v) is 2.56. The summed E-state index contributed by atoms with van der Waals surface area (Å²) in [6, 6.07) is 0. The molecule has 2 rings (SSSR count). The lowest BCUT2D eigenvalue weighted by Gasteiger charge is -2.48. The van der Waals surface area contributed by atoms with Crippen LogP contribution < -0.4 is 0 Å². The van der Waals surface area contributed by atoms with E-state index in [1.54, 1.807) is 0 Å². The Balaban J connectivity index is 1.79. The maximum atomic E-state index is 10.1. The Morgan fingerprint density at radius 3 is 2.31 bits per heavy atom. The van der Waals surface area contributed by atoms with Crippen molar-refractivity contribution in [3.05, 3.63) is 0 Å². The Bertz CT molecular complexity index is 198. The predicted octanol–water partition coefficient (Wildman–Crippen LogP) is 1.49. The van der Waals surface area contributed by atoms with E-state index in [0.717, 1.165) is 19.6 Å². The Hall–Kier alpha value is -0.0800. The first-order valence-electron chi connectivity index (χ1n) is 5.34. The van der Waals surface area contributed by atoms with Gasteiger partial charge >= 0.3 is 0 Å². The Labute approximate surface area is 80.9 Å². The van der Waals surface area contributed by atoms with Gasteiger partial charge in [0.05, 0.1) is 5.60 Å². The zero-order valence-electron chi connectivity index (χ0n) is 9.01. The Morgan fingerprint density at radius 2 is 1.92 bits per heavy atom. The van der Waals surface area contributed by atoms with Gasteiger partial charge < -0.3 is 5.11 Å². The Kier molecular flexibility index (Phi) is 1.97. The van der Waals surface area contributed by atoms with Gasteiger partial charge in [-0.3, -0.25) is 4.90 Å². The van der Waals surface area contributed by atoms with E-state index in [-0.39, 0.29) is 0 Å². The SMILES string of the molecule is CC1(C)CN(CC(C)(O)C2CC2)C1. The summed E-state index contributed by atoms with van der Waals surface area (Å²) in [5.41, 5.74) is 0.0656. The van der Waals surface area contributed by atoms with Crippen molar-refractivity contribution in [3.63, 3.8) is 0 Å². The first-order valence-corrected chi connectivity index (χ1v) is 5.34. The zero-order valence-corrected chi connectivity index (χ0v) is 9.01. The van der Waals surface area contributed by atoms with Gasteiger partial charge in [-0.15, -0.1) is 0 Å². The summed E-state index contributed by atoms with van der Waals surface area (Å²) in [5.74, 6) is 0.580. The number of hydrogen-bond donors (Lipinski definition) is 1. The van der Waals surface area contributed by atoms with Crippen molar-refractivity contribution in [3.8, 4) is 0 Å². The van der Waals surface area contributed by atoms with Gasteiger partial charge in [0.25, 0.3) is 0 Å². The molecule has 1 aliphatic heterocycles. The smallest absolute Gasteiger partial charge is 0.0774 e. The minimum Gasteiger partial charge on any atom is -0.389 e. The molecule has 1 N–H and O–H groups in total. The van der Waals surface area contributed by atoms with E-state index in [4.69, 9.17) is 0 Å². The maximum Gasteiger partial charge on any atom is 0.0774 e. The minimum atomic E-state index is -0.420. The highest BCUT2D eigenvalue weighted by Gasteiger charge is 2.44. The number of hydrogen-bond acceptors (Lipinski definition) is 2. The monoisotopic (exact) mass is 183 g/mol. The van der Waals surface area contributed by atoms with Gasteiger partial charge in [-0.1, -0.05) is 13.8 Å². The first-order chi connectivity index (χ1) is 5.89. The molecule has 2 fully saturated rings. The summed E-state index contributed by atoms with van der Waals surface area (Å²) in [6.45, 7) is 9.74. The lowest BCUT2D eigenvalue weighted by molar-refractivity contribution is -0.0567. The number of nitrogens with zero attached hydrogens (tertiary/aromatic N) is 1. The third-order valence-electron chi connectivity index (χ3n) is 3.30. The van der Waals surface area contributed by atoms with Crippen LogP contribution in [0.2, 0.25) is 0 Å².